The lowest BCUT2D eigenvalue weighted by Crippen LogP contribution is -2.30. The van der Waals surface area contributed by atoms with Gasteiger partial charge in [-0.25, -0.2) is 0 Å². The molecule has 0 aromatic heterocycles. The molecule has 0 saturated heterocycles. The van der Waals surface area contributed by atoms with E-state index >= 15 is 0 Å². The van der Waals surface area contributed by atoms with Crippen molar-refractivity contribution < 1.29 is 0 Å². The first-order chi connectivity index (χ1) is 16.1. The highest BCUT2D eigenvalue weighted by Gasteiger charge is 2.32. The number of aryl methyl sites for hydroxylation is 1. The van der Waals surface area contributed by atoms with Gasteiger partial charge in [-0.1, -0.05) is 80.6 Å². The highest BCUT2D eigenvalue weighted by molar-refractivity contribution is 5.81. The smallest absolute Gasteiger partial charge is 0.0433 e. The lowest BCUT2D eigenvalue weighted by molar-refractivity contribution is 0.591. The highest BCUT2D eigenvalue weighted by Crippen LogP contribution is 2.42. The minimum atomic E-state index is 0.507. The Labute approximate surface area is 197 Å². The fourth-order valence-electron chi connectivity index (χ4n) is 5.84. The number of benzene rings is 4. The van der Waals surface area contributed by atoms with Crippen LogP contribution in [0.1, 0.15) is 54.5 Å². The number of fused-ring (bicyclic) bond motifs is 4. The molecule has 4 aromatic rings. The zero-order chi connectivity index (χ0) is 22.5. The fraction of sp³-hybridized carbons (Fsp3) is 0.250. The SMILES string of the molecule is CCc1cc(CN2c3ccccc3[C@H](C)[C@@H]2C)cc(-c2ccc3c(c2)-c2ccccc2C3)c1. The van der Waals surface area contributed by atoms with Gasteiger partial charge in [-0.3, -0.25) is 0 Å². The Balaban J connectivity index is 1.38. The van der Waals surface area contributed by atoms with Gasteiger partial charge in [0, 0.05) is 24.2 Å². The van der Waals surface area contributed by atoms with Crippen molar-refractivity contribution in [1.82, 2.24) is 0 Å². The maximum Gasteiger partial charge on any atom is 0.0433 e. The van der Waals surface area contributed by atoms with Crippen LogP contribution < -0.4 is 4.90 Å². The molecule has 0 bridgehead atoms. The van der Waals surface area contributed by atoms with Crippen LogP contribution in [0.5, 0.6) is 0 Å². The molecule has 1 heterocycles. The van der Waals surface area contributed by atoms with Crippen molar-refractivity contribution in [1.29, 1.82) is 0 Å². The Kier molecular flexibility index (Phi) is 4.87. The highest BCUT2D eigenvalue weighted by atomic mass is 15.2. The second-order valence-electron chi connectivity index (χ2n) is 9.81. The number of nitrogens with zero attached hydrogens (tertiary/aromatic N) is 1. The molecule has 164 valence electrons. The lowest BCUT2D eigenvalue weighted by Gasteiger charge is -2.27. The second-order valence-corrected chi connectivity index (χ2v) is 9.81. The predicted octanol–water partition coefficient (Wildman–Crippen LogP) is 8.00. The summed E-state index contributed by atoms with van der Waals surface area (Å²) in [4.78, 5) is 2.59. The van der Waals surface area contributed by atoms with E-state index in [2.05, 4.69) is 111 Å². The first-order valence-corrected chi connectivity index (χ1v) is 12.3. The number of hydrogen-bond donors (Lipinski definition) is 0. The van der Waals surface area contributed by atoms with Gasteiger partial charge in [0.2, 0.25) is 0 Å². The van der Waals surface area contributed by atoms with Crippen LogP contribution in [0.25, 0.3) is 22.3 Å². The summed E-state index contributed by atoms with van der Waals surface area (Å²) in [6.45, 7) is 7.95. The Morgan fingerprint density at radius 1 is 0.727 bits per heavy atom. The molecular formula is C32H31N. The van der Waals surface area contributed by atoms with Crippen molar-refractivity contribution in [2.24, 2.45) is 0 Å². The Hall–Kier alpha value is -3.32. The zero-order valence-corrected chi connectivity index (χ0v) is 19.8. The third kappa shape index (κ3) is 3.38. The monoisotopic (exact) mass is 429 g/mol. The standard InChI is InChI=1S/C32H31N/c1-4-23-15-24(20-33-22(3)21(2)29-10-7-8-12-32(29)33)17-28(16-23)25-13-14-27-18-26-9-5-6-11-30(26)31(27)19-25/h5-17,19,21-22H,4,18,20H2,1-3H3/t21-,22+/m1/s1. The molecule has 6 rings (SSSR count). The van der Waals surface area contributed by atoms with Crippen LogP contribution in [0.4, 0.5) is 5.69 Å². The summed E-state index contributed by atoms with van der Waals surface area (Å²) < 4.78 is 0. The van der Waals surface area contributed by atoms with Crippen LogP contribution in [-0.4, -0.2) is 6.04 Å². The van der Waals surface area contributed by atoms with Crippen molar-refractivity contribution in [3.63, 3.8) is 0 Å². The maximum absolute atomic E-state index is 2.59. The van der Waals surface area contributed by atoms with Crippen molar-refractivity contribution in [2.75, 3.05) is 4.90 Å². The van der Waals surface area contributed by atoms with Gasteiger partial charge in [-0.15, -0.1) is 0 Å². The summed E-state index contributed by atoms with van der Waals surface area (Å²) in [5, 5.41) is 0. The second kappa shape index (κ2) is 7.92. The van der Waals surface area contributed by atoms with Crippen LogP contribution in [0.3, 0.4) is 0 Å². The summed E-state index contributed by atoms with van der Waals surface area (Å²) in [7, 11) is 0. The molecule has 0 N–H and O–H groups in total. The van der Waals surface area contributed by atoms with E-state index in [-0.39, 0.29) is 0 Å². The van der Waals surface area contributed by atoms with Crippen molar-refractivity contribution in [3.8, 4) is 22.3 Å². The third-order valence-electron chi connectivity index (χ3n) is 7.90. The molecule has 0 radical (unpaired) electrons. The van der Waals surface area contributed by atoms with Crippen LogP contribution >= 0.6 is 0 Å². The van der Waals surface area contributed by atoms with E-state index in [1.807, 2.05) is 0 Å². The predicted molar refractivity (Wildman–Crippen MR) is 140 cm³/mol. The zero-order valence-electron chi connectivity index (χ0n) is 19.8. The summed E-state index contributed by atoms with van der Waals surface area (Å²) in [5.74, 6) is 0.562. The van der Waals surface area contributed by atoms with Crippen molar-refractivity contribution in [2.45, 2.75) is 52.1 Å². The molecule has 1 aliphatic heterocycles. The van der Waals surface area contributed by atoms with Crippen molar-refractivity contribution >= 4 is 5.69 Å². The van der Waals surface area contributed by atoms with E-state index in [4.69, 9.17) is 0 Å². The largest absolute Gasteiger partial charge is 0.364 e. The third-order valence-corrected chi connectivity index (χ3v) is 7.90. The minimum absolute atomic E-state index is 0.507. The van der Waals surface area contributed by atoms with Gasteiger partial charge >= 0.3 is 0 Å². The van der Waals surface area contributed by atoms with E-state index in [1.54, 1.807) is 0 Å². The molecule has 2 atom stereocenters. The van der Waals surface area contributed by atoms with Gasteiger partial charge < -0.3 is 4.90 Å². The van der Waals surface area contributed by atoms with Gasteiger partial charge in [0.1, 0.15) is 0 Å². The molecular weight excluding hydrogens is 398 g/mol. The maximum atomic E-state index is 2.59. The molecule has 1 nitrogen and oxygen atoms in total. The van der Waals surface area contributed by atoms with E-state index < -0.39 is 0 Å². The van der Waals surface area contributed by atoms with E-state index in [1.165, 1.54) is 55.8 Å². The molecule has 4 aromatic carbocycles. The summed E-state index contributed by atoms with van der Waals surface area (Å²) >= 11 is 0. The molecule has 33 heavy (non-hydrogen) atoms. The molecule has 0 amide bonds. The quantitative estimate of drug-likeness (QED) is 0.280. The molecule has 0 unspecified atom stereocenters. The number of hydrogen-bond acceptors (Lipinski definition) is 1. The average molecular weight is 430 g/mol. The van der Waals surface area contributed by atoms with Crippen molar-refractivity contribution in [3.05, 3.63) is 113 Å². The Morgan fingerprint density at radius 2 is 1.48 bits per heavy atom. The van der Waals surface area contributed by atoms with Gasteiger partial charge in [-0.05, 0) is 88.0 Å². The first-order valence-electron chi connectivity index (χ1n) is 12.3. The fourth-order valence-corrected chi connectivity index (χ4v) is 5.84. The lowest BCUT2D eigenvalue weighted by atomic mass is 9.95. The summed E-state index contributed by atoms with van der Waals surface area (Å²) in [6.07, 6.45) is 2.10. The van der Waals surface area contributed by atoms with Gasteiger partial charge in [-0.2, -0.15) is 0 Å². The van der Waals surface area contributed by atoms with E-state index in [0.29, 0.717) is 12.0 Å². The molecule has 0 fully saturated rings. The normalized spacial score (nSPS) is 18.2. The van der Waals surface area contributed by atoms with E-state index in [0.717, 1.165) is 19.4 Å². The van der Waals surface area contributed by atoms with Crippen LogP contribution in [0.2, 0.25) is 0 Å². The number of rotatable bonds is 4. The molecule has 2 aliphatic rings. The van der Waals surface area contributed by atoms with E-state index in [9.17, 15) is 0 Å². The van der Waals surface area contributed by atoms with Gasteiger partial charge in [0.15, 0.2) is 0 Å². The first kappa shape index (κ1) is 20.3. The topological polar surface area (TPSA) is 3.24 Å². The number of para-hydroxylation sites is 1. The summed E-state index contributed by atoms with van der Waals surface area (Å²) in [6, 6.07) is 32.6. The van der Waals surface area contributed by atoms with Crippen LogP contribution in [0, 0.1) is 0 Å². The minimum Gasteiger partial charge on any atom is -0.364 e. The Bertz CT molecular complexity index is 1350. The van der Waals surface area contributed by atoms with Crippen LogP contribution in [0.15, 0.2) is 84.9 Å². The molecule has 1 aliphatic carbocycles. The molecule has 1 heteroatoms. The molecule has 0 spiro atoms. The summed E-state index contributed by atoms with van der Waals surface area (Å²) in [5.41, 5.74) is 14.1. The number of anilines is 1. The average Bonchev–Trinajstić information content (AvgIpc) is 3.34. The van der Waals surface area contributed by atoms with Gasteiger partial charge in [0.05, 0.1) is 0 Å². The Morgan fingerprint density at radius 3 is 2.36 bits per heavy atom. The van der Waals surface area contributed by atoms with Crippen LogP contribution in [-0.2, 0) is 19.4 Å². The van der Waals surface area contributed by atoms with Gasteiger partial charge in [0.25, 0.3) is 0 Å². The molecule has 0 saturated carbocycles.